The maximum Gasteiger partial charge on any atom is 0.586 e. The molecule has 0 radical (unpaired) electrons. The quantitative estimate of drug-likeness (QED) is 0.740. The highest BCUT2D eigenvalue weighted by molar-refractivity contribution is 5.52. The van der Waals surface area contributed by atoms with Crippen LogP contribution in [0.15, 0.2) is 30.3 Å². The van der Waals surface area contributed by atoms with Crippen molar-refractivity contribution in [3.05, 3.63) is 41.5 Å². The fourth-order valence-electron chi connectivity index (χ4n) is 2.89. The third kappa shape index (κ3) is 2.35. The van der Waals surface area contributed by atoms with Crippen LogP contribution in [0.5, 0.6) is 28.7 Å². The zero-order chi connectivity index (χ0) is 17.1. The highest BCUT2D eigenvalue weighted by Crippen LogP contribution is 2.45. The molecule has 3 N–H and O–H groups in total. The minimum Gasteiger partial charge on any atom is -0.508 e. The van der Waals surface area contributed by atoms with Crippen molar-refractivity contribution in [3.8, 4) is 28.7 Å². The Labute approximate surface area is 134 Å². The molecule has 2 aromatic carbocycles. The van der Waals surface area contributed by atoms with Crippen LogP contribution in [0, 0.1) is 0 Å². The largest absolute Gasteiger partial charge is 0.586 e. The topological polar surface area (TPSA) is 88.4 Å². The van der Waals surface area contributed by atoms with Crippen LogP contribution in [0.3, 0.4) is 0 Å². The summed E-state index contributed by atoms with van der Waals surface area (Å²) in [4.78, 5) is 0. The summed E-state index contributed by atoms with van der Waals surface area (Å²) in [6, 6.07) is 6.55. The summed E-state index contributed by atoms with van der Waals surface area (Å²) in [6.45, 7) is 0. The number of hydrogen-bond donors (Lipinski definition) is 3. The van der Waals surface area contributed by atoms with Crippen LogP contribution >= 0.6 is 0 Å². The molecule has 2 atom stereocenters. The molecule has 126 valence electrons. The standard InChI is InChI=1S/C16H12F2O6/c17-16(18)23-12-2-1-7(3-14(12)24-16)15-11(21)6-9-10(20)4-8(19)5-13(9)22-15/h1-5,11,15,19-21H,6H2/t11-,15-/m1/s1. The second-order valence-electron chi connectivity index (χ2n) is 5.63. The number of aliphatic hydroxyl groups is 1. The van der Waals surface area contributed by atoms with Crippen molar-refractivity contribution in [2.45, 2.75) is 24.9 Å². The number of rotatable bonds is 1. The maximum absolute atomic E-state index is 13.1. The first kappa shape index (κ1) is 14.8. The molecule has 24 heavy (non-hydrogen) atoms. The average Bonchev–Trinajstić information content (AvgIpc) is 2.80. The van der Waals surface area contributed by atoms with Gasteiger partial charge in [0.1, 0.15) is 23.4 Å². The van der Waals surface area contributed by atoms with Crippen molar-refractivity contribution < 1.29 is 38.3 Å². The van der Waals surface area contributed by atoms with E-state index in [4.69, 9.17) is 4.74 Å². The molecule has 4 rings (SSSR count). The van der Waals surface area contributed by atoms with Crippen LogP contribution in [-0.4, -0.2) is 27.7 Å². The van der Waals surface area contributed by atoms with Gasteiger partial charge in [0, 0.05) is 24.1 Å². The molecule has 2 heterocycles. The fourth-order valence-corrected chi connectivity index (χ4v) is 2.89. The van der Waals surface area contributed by atoms with Crippen molar-refractivity contribution in [3.63, 3.8) is 0 Å². The van der Waals surface area contributed by atoms with E-state index in [0.29, 0.717) is 11.1 Å². The Kier molecular flexibility index (Phi) is 3.01. The van der Waals surface area contributed by atoms with Gasteiger partial charge in [0.05, 0.1) is 6.10 Å². The fraction of sp³-hybridized carbons (Fsp3) is 0.250. The van der Waals surface area contributed by atoms with E-state index in [1.54, 1.807) is 0 Å². The van der Waals surface area contributed by atoms with Gasteiger partial charge in [0.15, 0.2) is 11.5 Å². The Hall–Kier alpha value is -2.74. The number of aromatic hydroxyl groups is 2. The highest BCUT2D eigenvalue weighted by Gasteiger charge is 2.44. The molecule has 0 saturated carbocycles. The van der Waals surface area contributed by atoms with E-state index >= 15 is 0 Å². The van der Waals surface area contributed by atoms with E-state index in [0.717, 1.165) is 6.07 Å². The smallest absolute Gasteiger partial charge is 0.508 e. The van der Waals surface area contributed by atoms with Crippen LogP contribution in [0.1, 0.15) is 17.2 Å². The second-order valence-corrected chi connectivity index (χ2v) is 5.63. The molecule has 0 amide bonds. The van der Waals surface area contributed by atoms with E-state index in [1.807, 2.05) is 0 Å². The van der Waals surface area contributed by atoms with Crippen LogP contribution < -0.4 is 14.2 Å². The van der Waals surface area contributed by atoms with Crippen LogP contribution in [-0.2, 0) is 6.42 Å². The summed E-state index contributed by atoms with van der Waals surface area (Å²) in [5.74, 6) is -0.423. The van der Waals surface area contributed by atoms with Gasteiger partial charge in [-0.3, -0.25) is 0 Å². The summed E-state index contributed by atoms with van der Waals surface area (Å²) < 4.78 is 40.6. The number of phenols is 2. The highest BCUT2D eigenvalue weighted by atomic mass is 19.3. The number of aliphatic hydroxyl groups excluding tert-OH is 1. The third-order valence-electron chi connectivity index (χ3n) is 3.94. The summed E-state index contributed by atoms with van der Waals surface area (Å²) in [5, 5.41) is 29.7. The summed E-state index contributed by atoms with van der Waals surface area (Å²) >= 11 is 0. The first-order chi connectivity index (χ1) is 11.3. The van der Waals surface area contributed by atoms with E-state index in [1.165, 1.54) is 24.3 Å². The molecule has 0 spiro atoms. The third-order valence-corrected chi connectivity index (χ3v) is 3.94. The number of phenolic OH excluding ortho intramolecular Hbond substituents is 2. The van der Waals surface area contributed by atoms with Gasteiger partial charge in [0.25, 0.3) is 0 Å². The van der Waals surface area contributed by atoms with E-state index in [2.05, 4.69) is 9.47 Å². The SMILES string of the molecule is Oc1cc(O)c2c(c1)O[C@H](c1ccc3c(c1)OC(F)(F)O3)[C@H](O)C2. The van der Waals surface area contributed by atoms with Crippen molar-refractivity contribution in [1.29, 1.82) is 0 Å². The molecule has 8 heteroatoms. The van der Waals surface area contributed by atoms with Gasteiger partial charge < -0.3 is 29.5 Å². The molecule has 0 fully saturated rings. The molecule has 0 aliphatic carbocycles. The molecule has 0 saturated heterocycles. The number of benzene rings is 2. The van der Waals surface area contributed by atoms with Gasteiger partial charge in [-0.15, -0.1) is 8.78 Å². The first-order valence-electron chi connectivity index (χ1n) is 7.12. The van der Waals surface area contributed by atoms with Gasteiger partial charge in [0.2, 0.25) is 0 Å². The number of hydrogen-bond acceptors (Lipinski definition) is 6. The zero-order valence-corrected chi connectivity index (χ0v) is 12.1. The molecule has 2 aromatic rings. The van der Waals surface area contributed by atoms with Crippen LogP contribution in [0.2, 0.25) is 0 Å². The van der Waals surface area contributed by atoms with Gasteiger partial charge >= 0.3 is 6.29 Å². The average molecular weight is 338 g/mol. The summed E-state index contributed by atoms with van der Waals surface area (Å²) in [5.41, 5.74) is 0.764. The number of fused-ring (bicyclic) bond motifs is 2. The molecule has 0 aromatic heterocycles. The van der Waals surface area contributed by atoms with Crippen molar-refractivity contribution in [2.24, 2.45) is 0 Å². The van der Waals surface area contributed by atoms with Crippen LogP contribution in [0.4, 0.5) is 8.78 Å². The van der Waals surface area contributed by atoms with Crippen molar-refractivity contribution in [2.75, 3.05) is 0 Å². The van der Waals surface area contributed by atoms with Gasteiger partial charge in [-0.25, -0.2) is 0 Å². The minimum atomic E-state index is -3.73. The van der Waals surface area contributed by atoms with E-state index in [-0.39, 0.29) is 35.2 Å². The Morgan fingerprint density at radius 1 is 1.00 bits per heavy atom. The van der Waals surface area contributed by atoms with E-state index in [9.17, 15) is 24.1 Å². The first-order valence-corrected chi connectivity index (χ1v) is 7.12. The van der Waals surface area contributed by atoms with Gasteiger partial charge in [-0.2, -0.15) is 0 Å². The lowest BCUT2D eigenvalue weighted by Crippen LogP contribution is -2.30. The number of ether oxygens (including phenoxy) is 3. The van der Waals surface area contributed by atoms with E-state index < -0.39 is 18.5 Å². The predicted octanol–water partition coefficient (Wildman–Crippen LogP) is 2.46. The lowest BCUT2D eigenvalue weighted by molar-refractivity contribution is -0.286. The lowest BCUT2D eigenvalue weighted by atomic mass is 9.94. The van der Waals surface area contributed by atoms with Crippen molar-refractivity contribution >= 4 is 0 Å². The zero-order valence-electron chi connectivity index (χ0n) is 12.1. The molecule has 0 unspecified atom stereocenters. The molecule has 0 bridgehead atoms. The van der Waals surface area contributed by atoms with Crippen LogP contribution in [0.25, 0.3) is 0 Å². The monoisotopic (exact) mass is 338 g/mol. The van der Waals surface area contributed by atoms with Gasteiger partial charge in [-0.05, 0) is 17.7 Å². The summed E-state index contributed by atoms with van der Waals surface area (Å²) in [6.07, 6.45) is -5.54. The molecule has 2 aliphatic rings. The number of alkyl halides is 2. The minimum absolute atomic E-state index is 0.0801. The molecule has 6 nitrogen and oxygen atoms in total. The van der Waals surface area contributed by atoms with Gasteiger partial charge in [-0.1, -0.05) is 6.07 Å². The summed E-state index contributed by atoms with van der Waals surface area (Å²) in [7, 11) is 0. The number of halogens is 2. The second kappa shape index (κ2) is 4.88. The molecular weight excluding hydrogens is 326 g/mol. The predicted molar refractivity (Wildman–Crippen MR) is 75.5 cm³/mol. The Morgan fingerprint density at radius 3 is 2.54 bits per heavy atom. The van der Waals surface area contributed by atoms with Crippen molar-refractivity contribution in [1.82, 2.24) is 0 Å². The normalized spacial score (nSPS) is 23.5. The lowest BCUT2D eigenvalue weighted by Gasteiger charge is -2.31. The molecular formula is C16H12F2O6. The maximum atomic E-state index is 13.1. The Morgan fingerprint density at radius 2 is 1.75 bits per heavy atom. The Bertz CT molecular complexity index is 822. The molecule has 2 aliphatic heterocycles. The Balaban J connectivity index is 1.68.